The topological polar surface area (TPSA) is 23.5 Å². The van der Waals surface area contributed by atoms with Crippen molar-refractivity contribution in [2.24, 2.45) is 0 Å². The molecule has 74 valence electrons. The van der Waals surface area contributed by atoms with Gasteiger partial charge in [0, 0.05) is 24.3 Å². The molecule has 0 saturated heterocycles. The van der Waals surface area contributed by atoms with Gasteiger partial charge in [-0.1, -0.05) is 6.07 Å². The average molecular weight is 189 g/mol. The first-order valence-electron chi connectivity index (χ1n) is 5.45. The van der Waals surface area contributed by atoms with Gasteiger partial charge < -0.3 is 10.0 Å². The van der Waals surface area contributed by atoms with Gasteiger partial charge in [-0.25, -0.2) is 0 Å². The molecule has 0 aliphatic carbocycles. The van der Waals surface area contributed by atoms with Gasteiger partial charge in [0.15, 0.2) is 0 Å². The highest BCUT2D eigenvalue weighted by molar-refractivity contribution is 5.67. The smallest absolute Gasteiger partial charge is 0.120 e. The zero-order valence-corrected chi connectivity index (χ0v) is 8.29. The minimum atomic E-state index is 0.498. The Kier molecular flexibility index (Phi) is 1.69. The van der Waals surface area contributed by atoms with E-state index in [1.165, 1.54) is 36.2 Å². The van der Waals surface area contributed by atoms with E-state index in [9.17, 15) is 5.11 Å². The molecule has 0 fully saturated rings. The zero-order chi connectivity index (χ0) is 9.54. The number of anilines is 1. The maximum atomic E-state index is 9.82. The molecule has 0 radical (unpaired) electrons. The molecule has 2 heterocycles. The number of aromatic hydroxyl groups is 1. The van der Waals surface area contributed by atoms with Crippen molar-refractivity contribution in [1.29, 1.82) is 0 Å². The molecule has 1 aromatic carbocycles. The Morgan fingerprint density at radius 2 is 2.00 bits per heavy atom. The standard InChI is InChI=1S/C12H15NO/c14-11-5-4-9-6-8-13-7-2-1-3-10(11)12(9)13/h4-5,14H,1-3,6-8H2. The van der Waals surface area contributed by atoms with Crippen molar-refractivity contribution >= 4 is 5.69 Å². The van der Waals surface area contributed by atoms with Crippen LogP contribution in [-0.2, 0) is 12.8 Å². The predicted molar refractivity (Wildman–Crippen MR) is 57.0 cm³/mol. The summed E-state index contributed by atoms with van der Waals surface area (Å²) >= 11 is 0. The highest BCUT2D eigenvalue weighted by Gasteiger charge is 2.25. The lowest BCUT2D eigenvalue weighted by Crippen LogP contribution is -2.20. The molecule has 14 heavy (non-hydrogen) atoms. The molecule has 0 saturated carbocycles. The second kappa shape index (κ2) is 2.91. The van der Waals surface area contributed by atoms with Crippen LogP contribution in [0.4, 0.5) is 5.69 Å². The molecule has 0 spiro atoms. The highest BCUT2D eigenvalue weighted by atomic mass is 16.3. The molecule has 2 aliphatic heterocycles. The van der Waals surface area contributed by atoms with Crippen molar-refractivity contribution in [2.75, 3.05) is 18.0 Å². The summed E-state index contributed by atoms with van der Waals surface area (Å²) in [6, 6.07) is 3.95. The Bertz CT molecular complexity index is 373. The van der Waals surface area contributed by atoms with E-state index in [1.54, 1.807) is 0 Å². The van der Waals surface area contributed by atoms with Crippen LogP contribution in [0.3, 0.4) is 0 Å². The second-order valence-electron chi connectivity index (χ2n) is 4.27. The third-order valence-corrected chi connectivity index (χ3v) is 3.41. The number of hydrogen-bond donors (Lipinski definition) is 1. The van der Waals surface area contributed by atoms with E-state index in [-0.39, 0.29) is 0 Å². The fourth-order valence-electron chi connectivity index (χ4n) is 2.71. The summed E-state index contributed by atoms with van der Waals surface area (Å²) < 4.78 is 0. The van der Waals surface area contributed by atoms with Crippen LogP contribution in [0.15, 0.2) is 12.1 Å². The number of hydrogen-bond acceptors (Lipinski definition) is 2. The van der Waals surface area contributed by atoms with Crippen LogP contribution in [0.25, 0.3) is 0 Å². The molecule has 3 rings (SSSR count). The molecule has 0 aromatic heterocycles. The number of benzene rings is 1. The van der Waals surface area contributed by atoms with Gasteiger partial charge in [0.25, 0.3) is 0 Å². The Morgan fingerprint density at radius 1 is 1.07 bits per heavy atom. The molecule has 1 aromatic rings. The van der Waals surface area contributed by atoms with Crippen molar-refractivity contribution in [3.63, 3.8) is 0 Å². The molecule has 0 unspecified atom stereocenters. The van der Waals surface area contributed by atoms with Crippen LogP contribution in [-0.4, -0.2) is 18.2 Å². The van der Waals surface area contributed by atoms with E-state index in [1.807, 2.05) is 6.07 Å². The quantitative estimate of drug-likeness (QED) is 0.675. The predicted octanol–water partition coefficient (Wildman–Crippen LogP) is 2.09. The molecular weight excluding hydrogens is 174 g/mol. The van der Waals surface area contributed by atoms with E-state index in [2.05, 4.69) is 11.0 Å². The second-order valence-corrected chi connectivity index (χ2v) is 4.27. The fourth-order valence-corrected chi connectivity index (χ4v) is 2.71. The van der Waals surface area contributed by atoms with Gasteiger partial charge in [-0.15, -0.1) is 0 Å². The summed E-state index contributed by atoms with van der Waals surface area (Å²) in [6.45, 7) is 2.31. The minimum Gasteiger partial charge on any atom is -0.508 e. The SMILES string of the molecule is Oc1ccc2c3c1CCCCN3CC2. The molecule has 2 aliphatic rings. The van der Waals surface area contributed by atoms with E-state index >= 15 is 0 Å². The molecular formula is C12H15NO. The zero-order valence-electron chi connectivity index (χ0n) is 8.29. The van der Waals surface area contributed by atoms with E-state index in [4.69, 9.17) is 0 Å². The van der Waals surface area contributed by atoms with Gasteiger partial charge >= 0.3 is 0 Å². The Balaban J connectivity index is 2.21. The van der Waals surface area contributed by atoms with Gasteiger partial charge in [0.1, 0.15) is 5.75 Å². The third kappa shape index (κ3) is 1.03. The maximum Gasteiger partial charge on any atom is 0.120 e. The van der Waals surface area contributed by atoms with E-state index in [0.29, 0.717) is 5.75 Å². The lowest BCUT2D eigenvalue weighted by Gasteiger charge is -2.19. The third-order valence-electron chi connectivity index (χ3n) is 3.41. The summed E-state index contributed by atoms with van der Waals surface area (Å²) in [5, 5.41) is 9.82. The molecule has 2 heteroatoms. The van der Waals surface area contributed by atoms with Crippen LogP contribution < -0.4 is 4.90 Å². The largest absolute Gasteiger partial charge is 0.508 e. The van der Waals surface area contributed by atoms with Crippen LogP contribution in [0, 0.1) is 0 Å². The minimum absolute atomic E-state index is 0.498. The van der Waals surface area contributed by atoms with Crippen LogP contribution in [0.1, 0.15) is 24.0 Å². The van der Waals surface area contributed by atoms with Crippen LogP contribution in [0.2, 0.25) is 0 Å². The van der Waals surface area contributed by atoms with Crippen molar-refractivity contribution in [3.05, 3.63) is 23.3 Å². The van der Waals surface area contributed by atoms with Crippen LogP contribution >= 0.6 is 0 Å². The van der Waals surface area contributed by atoms with Gasteiger partial charge in [-0.3, -0.25) is 0 Å². The lowest BCUT2D eigenvalue weighted by atomic mass is 10.0. The summed E-state index contributed by atoms with van der Waals surface area (Å²) in [4.78, 5) is 2.44. The first-order valence-corrected chi connectivity index (χ1v) is 5.45. The summed E-state index contributed by atoms with van der Waals surface area (Å²) in [5.41, 5.74) is 3.97. The van der Waals surface area contributed by atoms with Crippen molar-refractivity contribution in [3.8, 4) is 5.75 Å². The van der Waals surface area contributed by atoms with Gasteiger partial charge in [0.05, 0.1) is 0 Å². The summed E-state index contributed by atoms with van der Waals surface area (Å²) in [5.74, 6) is 0.498. The first-order chi connectivity index (χ1) is 6.86. The molecule has 0 amide bonds. The van der Waals surface area contributed by atoms with E-state index in [0.717, 1.165) is 19.4 Å². The molecule has 0 bridgehead atoms. The monoisotopic (exact) mass is 189 g/mol. The van der Waals surface area contributed by atoms with Gasteiger partial charge in [-0.2, -0.15) is 0 Å². The fraction of sp³-hybridized carbons (Fsp3) is 0.500. The molecule has 2 nitrogen and oxygen atoms in total. The van der Waals surface area contributed by atoms with Crippen molar-refractivity contribution in [2.45, 2.75) is 25.7 Å². The first kappa shape index (κ1) is 8.16. The Hall–Kier alpha value is -1.18. The van der Waals surface area contributed by atoms with Crippen molar-refractivity contribution < 1.29 is 5.11 Å². The lowest BCUT2D eigenvalue weighted by molar-refractivity contribution is 0.468. The number of nitrogens with zero attached hydrogens (tertiary/aromatic N) is 1. The Morgan fingerprint density at radius 3 is 2.93 bits per heavy atom. The maximum absolute atomic E-state index is 9.82. The number of rotatable bonds is 0. The highest BCUT2D eigenvalue weighted by Crippen LogP contribution is 2.39. The van der Waals surface area contributed by atoms with E-state index < -0.39 is 0 Å². The average Bonchev–Trinajstić information content (AvgIpc) is 2.46. The van der Waals surface area contributed by atoms with Gasteiger partial charge in [-0.05, 0) is 37.3 Å². The molecule has 0 atom stereocenters. The summed E-state index contributed by atoms with van der Waals surface area (Å²) in [7, 11) is 0. The van der Waals surface area contributed by atoms with Crippen LogP contribution in [0.5, 0.6) is 5.75 Å². The number of phenolic OH excluding ortho intramolecular Hbond substituents is 1. The van der Waals surface area contributed by atoms with Gasteiger partial charge in [0.2, 0.25) is 0 Å². The van der Waals surface area contributed by atoms with Crippen molar-refractivity contribution in [1.82, 2.24) is 0 Å². The Labute approximate surface area is 84.2 Å². The number of phenols is 1. The normalized spacial score (nSPS) is 19.3. The molecule has 1 N–H and O–H groups in total. The summed E-state index contributed by atoms with van der Waals surface area (Å²) in [6.07, 6.45) is 4.67.